The van der Waals surface area contributed by atoms with Crippen LogP contribution in [-0.4, -0.2) is 0 Å². The molecule has 0 N–H and O–H groups in total. The van der Waals surface area contributed by atoms with Crippen LogP contribution in [0.15, 0.2) is 18.2 Å². The summed E-state index contributed by atoms with van der Waals surface area (Å²) in [7, 11) is 0. The van der Waals surface area contributed by atoms with E-state index >= 15 is 0 Å². The predicted molar refractivity (Wildman–Crippen MR) is 133 cm³/mol. The Hall–Kier alpha value is -0.850. The van der Waals surface area contributed by atoms with Gasteiger partial charge in [-0.2, -0.15) is 0 Å². The van der Waals surface area contributed by atoms with Gasteiger partial charge in [-0.25, -0.2) is 4.39 Å². The Balaban J connectivity index is 1.34. The van der Waals surface area contributed by atoms with Gasteiger partial charge in [-0.15, -0.1) is 0 Å². The average molecular weight is 429 g/mol. The van der Waals surface area contributed by atoms with Gasteiger partial charge >= 0.3 is 0 Å². The van der Waals surface area contributed by atoms with Gasteiger partial charge in [0, 0.05) is 0 Å². The van der Waals surface area contributed by atoms with Crippen molar-refractivity contribution in [1.82, 2.24) is 0 Å². The van der Waals surface area contributed by atoms with Crippen molar-refractivity contribution in [1.29, 1.82) is 0 Å². The van der Waals surface area contributed by atoms with Gasteiger partial charge < -0.3 is 0 Å². The monoisotopic (exact) mass is 428 g/mol. The zero-order valence-corrected chi connectivity index (χ0v) is 20.6. The maximum absolute atomic E-state index is 14.7. The van der Waals surface area contributed by atoms with E-state index in [4.69, 9.17) is 0 Å². The van der Waals surface area contributed by atoms with Crippen LogP contribution in [0.25, 0.3) is 0 Å². The highest BCUT2D eigenvalue weighted by molar-refractivity contribution is 5.25. The van der Waals surface area contributed by atoms with Crippen molar-refractivity contribution in [2.24, 2.45) is 23.7 Å². The second kappa shape index (κ2) is 13.6. The molecule has 0 aliphatic heterocycles. The Labute approximate surface area is 192 Å². The van der Waals surface area contributed by atoms with Crippen LogP contribution < -0.4 is 0 Å². The zero-order valence-electron chi connectivity index (χ0n) is 20.6. The quantitative estimate of drug-likeness (QED) is 0.291. The summed E-state index contributed by atoms with van der Waals surface area (Å²) in [6.07, 6.45) is 24.0. The molecule has 0 amide bonds. The summed E-state index contributed by atoms with van der Waals surface area (Å²) in [6, 6.07) is 6.16. The normalized spacial score (nSPS) is 26.8. The van der Waals surface area contributed by atoms with E-state index in [1.165, 1.54) is 108 Å². The molecule has 2 aliphatic carbocycles. The molecule has 0 radical (unpaired) electrons. The number of rotatable bonds is 12. The van der Waals surface area contributed by atoms with E-state index in [9.17, 15) is 4.39 Å². The van der Waals surface area contributed by atoms with Crippen LogP contribution in [0.2, 0.25) is 0 Å². The topological polar surface area (TPSA) is 0 Å². The molecule has 1 aromatic rings. The highest BCUT2D eigenvalue weighted by Crippen LogP contribution is 2.35. The van der Waals surface area contributed by atoms with Crippen LogP contribution in [0.5, 0.6) is 0 Å². The molecular weight excluding hydrogens is 379 g/mol. The molecule has 0 unspecified atom stereocenters. The first-order valence-electron chi connectivity index (χ1n) is 13.9. The Morgan fingerprint density at radius 2 is 1.19 bits per heavy atom. The molecule has 0 aromatic heterocycles. The number of halogens is 1. The largest absolute Gasteiger partial charge is 0.207 e. The third-order valence-electron chi connectivity index (χ3n) is 8.63. The molecule has 0 atom stereocenters. The smallest absolute Gasteiger partial charge is 0.126 e. The van der Waals surface area contributed by atoms with Crippen LogP contribution in [0.4, 0.5) is 4.39 Å². The van der Waals surface area contributed by atoms with Crippen LogP contribution in [0.3, 0.4) is 0 Å². The Bertz CT molecular complexity index is 605. The molecular formula is C30H49F. The van der Waals surface area contributed by atoms with E-state index in [1.54, 1.807) is 0 Å². The second-order valence-corrected chi connectivity index (χ2v) is 11.1. The van der Waals surface area contributed by atoms with Gasteiger partial charge in [-0.05, 0) is 66.5 Å². The summed E-state index contributed by atoms with van der Waals surface area (Å²) < 4.78 is 14.7. The molecule has 2 saturated carbocycles. The highest BCUT2D eigenvalue weighted by atomic mass is 19.1. The lowest BCUT2D eigenvalue weighted by atomic mass is 9.77. The summed E-state index contributed by atoms with van der Waals surface area (Å²) in [4.78, 5) is 0. The van der Waals surface area contributed by atoms with Crippen molar-refractivity contribution >= 4 is 0 Å². The third-order valence-corrected chi connectivity index (χ3v) is 8.63. The number of hydrogen-bond donors (Lipinski definition) is 0. The first kappa shape index (κ1) is 24.8. The predicted octanol–water partition coefficient (Wildman–Crippen LogP) is 9.68. The molecule has 0 heterocycles. The maximum Gasteiger partial charge on any atom is 0.126 e. The van der Waals surface area contributed by atoms with Crippen molar-refractivity contribution in [2.75, 3.05) is 0 Å². The fourth-order valence-corrected chi connectivity index (χ4v) is 6.39. The Morgan fingerprint density at radius 1 is 0.645 bits per heavy atom. The lowest BCUT2D eigenvalue weighted by Crippen LogP contribution is -2.15. The standard InChI is InChI=1S/C30H49F/c1-3-5-6-8-25-11-15-27(16-12-25)19-21-29-22-20-28(23-30(29)31)18-17-26-13-9-24(7-4-2)10-14-26/h20,22-27H,3-19,21H2,1-2H3. The first-order chi connectivity index (χ1) is 15.2. The third kappa shape index (κ3) is 8.54. The van der Waals surface area contributed by atoms with Crippen LogP contribution in [-0.2, 0) is 12.8 Å². The highest BCUT2D eigenvalue weighted by Gasteiger charge is 2.22. The van der Waals surface area contributed by atoms with Gasteiger partial charge in [0.25, 0.3) is 0 Å². The van der Waals surface area contributed by atoms with Gasteiger partial charge in [0.15, 0.2) is 0 Å². The van der Waals surface area contributed by atoms with E-state index in [0.29, 0.717) is 0 Å². The average Bonchev–Trinajstić information content (AvgIpc) is 2.79. The number of hydrogen-bond acceptors (Lipinski definition) is 0. The summed E-state index contributed by atoms with van der Waals surface area (Å²) in [6.45, 7) is 4.60. The molecule has 0 nitrogen and oxygen atoms in total. The molecule has 176 valence electrons. The van der Waals surface area contributed by atoms with Crippen molar-refractivity contribution in [3.8, 4) is 0 Å². The number of unbranched alkanes of at least 4 members (excludes halogenated alkanes) is 2. The minimum Gasteiger partial charge on any atom is -0.207 e. The van der Waals surface area contributed by atoms with Crippen LogP contribution in [0.1, 0.15) is 128 Å². The number of aryl methyl sites for hydroxylation is 2. The Morgan fingerprint density at radius 3 is 1.74 bits per heavy atom. The van der Waals surface area contributed by atoms with E-state index < -0.39 is 0 Å². The SMILES string of the molecule is CCCCCC1CCC(CCc2ccc(CCC3CCC(CCC)CC3)cc2F)CC1. The fourth-order valence-electron chi connectivity index (χ4n) is 6.39. The molecule has 0 bridgehead atoms. The van der Waals surface area contributed by atoms with E-state index in [2.05, 4.69) is 26.0 Å². The van der Waals surface area contributed by atoms with Gasteiger partial charge in [0.2, 0.25) is 0 Å². The molecule has 3 rings (SSSR count). The van der Waals surface area contributed by atoms with Crippen molar-refractivity contribution in [3.63, 3.8) is 0 Å². The Kier molecular flexibility index (Phi) is 10.9. The zero-order chi connectivity index (χ0) is 21.9. The minimum absolute atomic E-state index is 0.0532. The number of benzene rings is 1. The minimum atomic E-state index is 0.0532. The summed E-state index contributed by atoms with van der Waals surface area (Å²) in [5, 5.41) is 0. The lowest BCUT2D eigenvalue weighted by Gasteiger charge is -2.28. The molecule has 0 spiro atoms. The van der Waals surface area contributed by atoms with Crippen molar-refractivity contribution < 1.29 is 4.39 Å². The van der Waals surface area contributed by atoms with Crippen molar-refractivity contribution in [3.05, 3.63) is 35.1 Å². The molecule has 0 saturated heterocycles. The molecule has 31 heavy (non-hydrogen) atoms. The summed E-state index contributed by atoms with van der Waals surface area (Å²) in [5.74, 6) is 3.70. The molecule has 1 aromatic carbocycles. The van der Waals surface area contributed by atoms with Crippen LogP contribution in [0, 0.1) is 29.5 Å². The van der Waals surface area contributed by atoms with Gasteiger partial charge in [0.05, 0.1) is 0 Å². The van der Waals surface area contributed by atoms with Gasteiger partial charge in [0.1, 0.15) is 5.82 Å². The maximum atomic E-state index is 14.7. The fraction of sp³-hybridized carbons (Fsp3) is 0.800. The van der Waals surface area contributed by atoms with Gasteiger partial charge in [-0.1, -0.05) is 116 Å². The molecule has 2 fully saturated rings. The summed E-state index contributed by atoms with van der Waals surface area (Å²) >= 11 is 0. The molecule has 1 heteroatoms. The molecule has 2 aliphatic rings. The van der Waals surface area contributed by atoms with Crippen molar-refractivity contribution in [2.45, 2.75) is 129 Å². The summed E-state index contributed by atoms with van der Waals surface area (Å²) in [5.41, 5.74) is 2.17. The first-order valence-corrected chi connectivity index (χ1v) is 13.9. The van der Waals surface area contributed by atoms with E-state index in [1.807, 2.05) is 6.07 Å². The second-order valence-electron chi connectivity index (χ2n) is 11.1. The van der Waals surface area contributed by atoms with E-state index in [0.717, 1.165) is 42.1 Å². The van der Waals surface area contributed by atoms with E-state index in [-0.39, 0.29) is 5.82 Å². The van der Waals surface area contributed by atoms with Gasteiger partial charge in [-0.3, -0.25) is 0 Å². The van der Waals surface area contributed by atoms with Crippen LogP contribution >= 0.6 is 0 Å². The lowest BCUT2D eigenvalue weighted by molar-refractivity contribution is 0.248.